The molecule has 0 aliphatic heterocycles. The number of likely N-dealkylation sites (N-methyl/N-ethyl adjacent to an activating group) is 1. The number of halogens is 2. The monoisotopic (exact) mass is 561 g/mol. The molecule has 0 aromatic heterocycles. The lowest BCUT2D eigenvalue weighted by atomic mass is 10.1. The van der Waals surface area contributed by atoms with Crippen molar-refractivity contribution in [2.75, 3.05) is 24.4 Å². The van der Waals surface area contributed by atoms with Crippen LogP contribution in [0.2, 0.25) is 10.0 Å². The fraction of sp³-hybridized carbons (Fsp3) is 0.259. The first kappa shape index (κ1) is 28.5. The molecule has 10 heteroatoms. The molecule has 0 radical (unpaired) electrons. The summed E-state index contributed by atoms with van der Waals surface area (Å²) in [4.78, 5) is 27.6. The minimum Gasteiger partial charge on any atom is -0.357 e. The fourth-order valence-corrected chi connectivity index (χ4v) is 5.69. The van der Waals surface area contributed by atoms with E-state index in [1.165, 1.54) is 36.2 Å². The SMILES string of the molecule is CNC(=O)[C@@H](C)N(CCc1ccccc1)C(=O)CN(c1cccc(Cl)c1Cl)S(=O)(=O)c1ccc(C)cc1. The van der Waals surface area contributed by atoms with Gasteiger partial charge in [0.2, 0.25) is 11.8 Å². The molecule has 3 aromatic carbocycles. The average Bonchev–Trinajstić information content (AvgIpc) is 2.89. The predicted molar refractivity (Wildman–Crippen MR) is 148 cm³/mol. The van der Waals surface area contributed by atoms with Gasteiger partial charge >= 0.3 is 0 Å². The molecule has 0 saturated heterocycles. The molecule has 37 heavy (non-hydrogen) atoms. The number of amides is 2. The third-order valence-electron chi connectivity index (χ3n) is 5.99. The van der Waals surface area contributed by atoms with Gasteiger partial charge in [-0.2, -0.15) is 0 Å². The molecule has 3 rings (SSSR count). The van der Waals surface area contributed by atoms with E-state index in [9.17, 15) is 18.0 Å². The van der Waals surface area contributed by atoms with Gasteiger partial charge in [0.25, 0.3) is 10.0 Å². The van der Waals surface area contributed by atoms with E-state index in [4.69, 9.17) is 23.2 Å². The van der Waals surface area contributed by atoms with Crippen LogP contribution in [0.25, 0.3) is 0 Å². The van der Waals surface area contributed by atoms with Crippen molar-refractivity contribution >= 4 is 50.7 Å². The smallest absolute Gasteiger partial charge is 0.264 e. The summed E-state index contributed by atoms with van der Waals surface area (Å²) in [7, 11) is -2.73. The lowest BCUT2D eigenvalue weighted by Crippen LogP contribution is -2.51. The highest BCUT2D eigenvalue weighted by Crippen LogP contribution is 2.35. The molecule has 0 spiro atoms. The van der Waals surface area contributed by atoms with Crippen molar-refractivity contribution < 1.29 is 18.0 Å². The minimum absolute atomic E-state index is 0.00263. The van der Waals surface area contributed by atoms with Crippen molar-refractivity contribution in [2.45, 2.75) is 31.2 Å². The van der Waals surface area contributed by atoms with Gasteiger partial charge in [0.15, 0.2) is 0 Å². The fourth-order valence-electron chi connectivity index (χ4n) is 3.81. The Morgan fingerprint density at radius 1 is 0.946 bits per heavy atom. The molecule has 0 aliphatic carbocycles. The molecule has 196 valence electrons. The number of anilines is 1. The highest BCUT2D eigenvalue weighted by Gasteiger charge is 2.33. The quantitative estimate of drug-likeness (QED) is 0.388. The molecule has 1 N–H and O–H groups in total. The first-order valence-electron chi connectivity index (χ1n) is 11.6. The molecule has 0 saturated carbocycles. The number of nitrogens with one attached hydrogen (secondary N) is 1. The van der Waals surface area contributed by atoms with E-state index in [2.05, 4.69) is 5.32 Å². The summed E-state index contributed by atoms with van der Waals surface area (Å²) in [5.74, 6) is -0.922. The Morgan fingerprint density at radius 2 is 1.59 bits per heavy atom. The van der Waals surface area contributed by atoms with Crippen LogP contribution in [0.1, 0.15) is 18.1 Å². The summed E-state index contributed by atoms with van der Waals surface area (Å²) in [5.41, 5.74) is 1.93. The van der Waals surface area contributed by atoms with Crippen LogP contribution in [-0.4, -0.2) is 51.3 Å². The van der Waals surface area contributed by atoms with Crippen molar-refractivity contribution in [1.82, 2.24) is 10.2 Å². The lowest BCUT2D eigenvalue weighted by Gasteiger charge is -2.32. The molecule has 3 aromatic rings. The van der Waals surface area contributed by atoms with Crippen LogP contribution >= 0.6 is 23.2 Å². The van der Waals surface area contributed by atoms with E-state index in [0.717, 1.165) is 15.4 Å². The van der Waals surface area contributed by atoms with Gasteiger partial charge in [0, 0.05) is 13.6 Å². The molecule has 1 atom stereocenters. The maximum absolute atomic E-state index is 13.8. The number of nitrogens with zero attached hydrogens (tertiary/aromatic N) is 2. The number of hydrogen-bond acceptors (Lipinski definition) is 4. The number of aryl methyl sites for hydroxylation is 1. The summed E-state index contributed by atoms with van der Waals surface area (Å²) in [5, 5.41) is 2.71. The van der Waals surface area contributed by atoms with E-state index >= 15 is 0 Å². The molecule has 2 amide bonds. The van der Waals surface area contributed by atoms with Gasteiger partial charge in [-0.05, 0) is 50.1 Å². The second-order valence-electron chi connectivity index (χ2n) is 8.51. The topological polar surface area (TPSA) is 86.8 Å². The standard InChI is InChI=1S/C27H29Cl2N3O4S/c1-19-12-14-22(15-13-19)37(35,36)32(24-11-7-10-23(28)26(24)29)18-25(33)31(20(2)27(34)30-3)17-16-21-8-5-4-6-9-21/h4-15,20H,16-18H2,1-3H3,(H,30,34)/t20-/m1/s1. The van der Waals surface area contributed by atoms with Crippen LogP contribution in [0.4, 0.5) is 5.69 Å². The summed E-state index contributed by atoms with van der Waals surface area (Å²) in [6, 6.07) is 19.6. The lowest BCUT2D eigenvalue weighted by molar-refractivity contribution is -0.138. The Balaban J connectivity index is 2.02. The third kappa shape index (κ3) is 6.83. The maximum atomic E-state index is 13.8. The van der Waals surface area contributed by atoms with Crippen molar-refractivity contribution in [1.29, 1.82) is 0 Å². The number of benzene rings is 3. The van der Waals surface area contributed by atoms with Crippen molar-refractivity contribution in [2.24, 2.45) is 0 Å². The van der Waals surface area contributed by atoms with Gasteiger partial charge in [-0.3, -0.25) is 13.9 Å². The van der Waals surface area contributed by atoms with Gasteiger partial charge in [0.1, 0.15) is 12.6 Å². The van der Waals surface area contributed by atoms with E-state index in [1.807, 2.05) is 37.3 Å². The van der Waals surface area contributed by atoms with E-state index in [0.29, 0.717) is 6.42 Å². The first-order chi connectivity index (χ1) is 17.6. The predicted octanol–water partition coefficient (Wildman–Crippen LogP) is 4.70. The zero-order chi connectivity index (χ0) is 27.2. The molecule has 0 aliphatic rings. The van der Waals surface area contributed by atoms with Crippen LogP contribution in [0.3, 0.4) is 0 Å². The minimum atomic E-state index is -4.22. The van der Waals surface area contributed by atoms with Crippen molar-refractivity contribution in [3.05, 3.63) is 94.0 Å². The second kappa shape index (κ2) is 12.4. The van der Waals surface area contributed by atoms with Gasteiger partial charge in [-0.1, -0.05) is 77.3 Å². The molecule has 0 heterocycles. The largest absolute Gasteiger partial charge is 0.357 e. The third-order valence-corrected chi connectivity index (χ3v) is 8.57. The molecular weight excluding hydrogens is 533 g/mol. The second-order valence-corrected chi connectivity index (χ2v) is 11.2. The van der Waals surface area contributed by atoms with Crippen LogP contribution in [0.15, 0.2) is 77.7 Å². The summed E-state index contributed by atoms with van der Waals surface area (Å²) in [6.07, 6.45) is 0.483. The van der Waals surface area contributed by atoms with Crippen LogP contribution in [0, 0.1) is 6.92 Å². The Bertz CT molecular complexity index is 1350. The van der Waals surface area contributed by atoms with Gasteiger partial charge < -0.3 is 10.2 Å². The van der Waals surface area contributed by atoms with Gasteiger partial charge in [-0.25, -0.2) is 8.42 Å². The summed E-state index contributed by atoms with van der Waals surface area (Å²) >= 11 is 12.6. The molecular formula is C27H29Cl2N3O4S. The van der Waals surface area contributed by atoms with Crippen LogP contribution < -0.4 is 9.62 Å². The molecule has 0 unspecified atom stereocenters. The number of rotatable bonds is 10. The Kier molecular flexibility index (Phi) is 9.59. The van der Waals surface area contributed by atoms with Gasteiger partial charge in [0.05, 0.1) is 20.6 Å². The molecule has 0 fully saturated rings. The van der Waals surface area contributed by atoms with E-state index in [1.54, 1.807) is 25.1 Å². The zero-order valence-electron chi connectivity index (χ0n) is 20.8. The number of carbonyl (C=O) groups excluding carboxylic acids is 2. The Labute approximate surface area is 228 Å². The highest BCUT2D eigenvalue weighted by molar-refractivity contribution is 7.92. The van der Waals surface area contributed by atoms with Crippen LogP contribution in [-0.2, 0) is 26.0 Å². The van der Waals surface area contributed by atoms with E-state index in [-0.39, 0.29) is 33.1 Å². The van der Waals surface area contributed by atoms with E-state index < -0.39 is 28.5 Å². The number of sulfonamides is 1. The first-order valence-corrected chi connectivity index (χ1v) is 13.8. The zero-order valence-corrected chi connectivity index (χ0v) is 23.1. The Hall–Kier alpha value is -3.07. The van der Waals surface area contributed by atoms with Crippen LogP contribution in [0.5, 0.6) is 0 Å². The van der Waals surface area contributed by atoms with Crippen molar-refractivity contribution in [3.63, 3.8) is 0 Å². The number of carbonyl (C=O) groups is 2. The summed E-state index contributed by atoms with van der Waals surface area (Å²) < 4.78 is 28.5. The highest BCUT2D eigenvalue weighted by atomic mass is 35.5. The maximum Gasteiger partial charge on any atom is 0.264 e. The average molecular weight is 563 g/mol. The Morgan fingerprint density at radius 3 is 2.22 bits per heavy atom. The summed E-state index contributed by atoms with van der Waals surface area (Å²) in [6.45, 7) is 3.08. The normalized spacial score (nSPS) is 12.0. The number of hydrogen-bond donors (Lipinski definition) is 1. The molecule has 0 bridgehead atoms. The molecule has 7 nitrogen and oxygen atoms in total. The van der Waals surface area contributed by atoms with Crippen molar-refractivity contribution in [3.8, 4) is 0 Å². The van der Waals surface area contributed by atoms with Gasteiger partial charge in [-0.15, -0.1) is 0 Å².